The molecule has 6 heteroatoms. The van der Waals surface area contributed by atoms with Gasteiger partial charge in [-0.05, 0) is 46.2 Å². The molecular formula is C14H21N3O3. The SMILES string of the molecule is Cc1ccc(NC(=O)C(C)(C)C(C)(C)N)c([N+](=O)[O-])c1. The van der Waals surface area contributed by atoms with Crippen LogP contribution in [0.3, 0.4) is 0 Å². The molecule has 1 aromatic rings. The van der Waals surface area contributed by atoms with Gasteiger partial charge in [0.05, 0.1) is 10.3 Å². The van der Waals surface area contributed by atoms with E-state index in [1.165, 1.54) is 12.1 Å². The van der Waals surface area contributed by atoms with E-state index in [1.807, 2.05) is 0 Å². The van der Waals surface area contributed by atoms with Crippen molar-refractivity contribution in [3.8, 4) is 0 Å². The maximum absolute atomic E-state index is 12.3. The molecule has 0 saturated heterocycles. The zero-order chi connectivity index (χ0) is 15.7. The second kappa shape index (κ2) is 5.20. The Morgan fingerprint density at radius 1 is 1.30 bits per heavy atom. The first-order valence-corrected chi connectivity index (χ1v) is 6.32. The molecule has 0 saturated carbocycles. The number of hydrogen-bond acceptors (Lipinski definition) is 4. The molecular weight excluding hydrogens is 258 g/mol. The highest BCUT2D eigenvalue weighted by Crippen LogP contribution is 2.32. The Hall–Kier alpha value is -1.95. The lowest BCUT2D eigenvalue weighted by atomic mass is 9.74. The van der Waals surface area contributed by atoms with Crippen LogP contribution in [0.2, 0.25) is 0 Å². The molecule has 0 fully saturated rings. The minimum absolute atomic E-state index is 0.121. The van der Waals surface area contributed by atoms with Crippen molar-refractivity contribution in [3.63, 3.8) is 0 Å². The molecule has 0 aromatic heterocycles. The van der Waals surface area contributed by atoms with Gasteiger partial charge in [-0.3, -0.25) is 14.9 Å². The van der Waals surface area contributed by atoms with Crippen molar-refractivity contribution in [1.29, 1.82) is 0 Å². The van der Waals surface area contributed by atoms with Gasteiger partial charge < -0.3 is 11.1 Å². The Morgan fingerprint density at radius 3 is 2.30 bits per heavy atom. The quantitative estimate of drug-likeness (QED) is 0.653. The molecule has 3 N–H and O–H groups in total. The fraction of sp³-hybridized carbons (Fsp3) is 0.500. The number of carbonyl (C=O) groups excluding carboxylic acids is 1. The zero-order valence-corrected chi connectivity index (χ0v) is 12.5. The Bertz CT molecular complexity index is 545. The molecule has 0 unspecified atom stereocenters. The van der Waals surface area contributed by atoms with Crippen LogP contribution in [0.25, 0.3) is 0 Å². The van der Waals surface area contributed by atoms with Crippen LogP contribution in [-0.2, 0) is 4.79 Å². The van der Waals surface area contributed by atoms with Gasteiger partial charge in [-0.25, -0.2) is 0 Å². The first-order chi connectivity index (χ1) is 8.96. The van der Waals surface area contributed by atoms with Gasteiger partial charge in [-0.15, -0.1) is 0 Å². The first-order valence-electron chi connectivity index (χ1n) is 6.32. The van der Waals surface area contributed by atoms with E-state index in [9.17, 15) is 14.9 Å². The lowest BCUT2D eigenvalue weighted by Crippen LogP contribution is -2.53. The monoisotopic (exact) mass is 279 g/mol. The van der Waals surface area contributed by atoms with Gasteiger partial charge in [0.15, 0.2) is 0 Å². The minimum Gasteiger partial charge on any atom is -0.325 e. The number of nitrogens with two attached hydrogens (primary N) is 1. The average Bonchev–Trinajstić information content (AvgIpc) is 2.29. The number of hydrogen-bond donors (Lipinski definition) is 2. The van der Waals surface area contributed by atoms with Gasteiger partial charge in [-0.1, -0.05) is 6.07 Å². The number of rotatable bonds is 4. The van der Waals surface area contributed by atoms with Crippen LogP contribution in [0.5, 0.6) is 0 Å². The summed E-state index contributed by atoms with van der Waals surface area (Å²) in [6, 6.07) is 4.67. The van der Waals surface area contributed by atoms with E-state index in [1.54, 1.807) is 40.7 Å². The highest BCUT2D eigenvalue weighted by molar-refractivity contribution is 5.97. The van der Waals surface area contributed by atoms with Crippen molar-refractivity contribution in [2.45, 2.75) is 40.2 Å². The predicted octanol–water partition coefficient (Wildman–Crippen LogP) is 2.61. The lowest BCUT2D eigenvalue weighted by molar-refractivity contribution is -0.384. The van der Waals surface area contributed by atoms with Crippen molar-refractivity contribution in [2.75, 3.05) is 5.32 Å². The van der Waals surface area contributed by atoms with E-state index in [0.29, 0.717) is 0 Å². The summed E-state index contributed by atoms with van der Waals surface area (Å²) in [6.07, 6.45) is 0. The molecule has 0 heterocycles. The molecule has 0 aliphatic heterocycles. The summed E-state index contributed by atoms with van der Waals surface area (Å²) in [6.45, 7) is 8.67. The van der Waals surface area contributed by atoms with Crippen molar-refractivity contribution >= 4 is 17.3 Å². The van der Waals surface area contributed by atoms with Gasteiger partial charge in [0.25, 0.3) is 5.69 Å². The van der Waals surface area contributed by atoms with E-state index >= 15 is 0 Å². The number of nitro benzene ring substituents is 1. The largest absolute Gasteiger partial charge is 0.325 e. The van der Waals surface area contributed by atoms with E-state index < -0.39 is 15.9 Å². The Kier molecular flexibility index (Phi) is 4.19. The van der Waals surface area contributed by atoms with Crippen LogP contribution in [-0.4, -0.2) is 16.4 Å². The first kappa shape index (κ1) is 16.1. The number of aryl methyl sites for hydroxylation is 1. The summed E-state index contributed by atoms with van der Waals surface area (Å²) in [4.78, 5) is 22.8. The van der Waals surface area contributed by atoms with Crippen LogP contribution in [0.15, 0.2) is 18.2 Å². The Balaban J connectivity index is 3.12. The highest BCUT2D eigenvalue weighted by Gasteiger charge is 2.40. The zero-order valence-electron chi connectivity index (χ0n) is 12.5. The summed E-state index contributed by atoms with van der Waals surface area (Å²) in [5.74, 6) is -0.350. The minimum atomic E-state index is -0.869. The molecule has 0 atom stereocenters. The summed E-state index contributed by atoms with van der Waals surface area (Å²) in [5, 5.41) is 13.6. The third-order valence-corrected chi connectivity index (χ3v) is 3.78. The third-order valence-electron chi connectivity index (χ3n) is 3.78. The molecule has 0 aliphatic rings. The van der Waals surface area contributed by atoms with Gasteiger partial charge in [0.2, 0.25) is 5.91 Å². The van der Waals surface area contributed by atoms with Crippen molar-refractivity contribution in [3.05, 3.63) is 33.9 Å². The van der Waals surface area contributed by atoms with Gasteiger partial charge in [-0.2, -0.15) is 0 Å². The molecule has 0 bridgehead atoms. The van der Waals surface area contributed by atoms with E-state index in [4.69, 9.17) is 5.73 Å². The van der Waals surface area contributed by atoms with Crippen molar-refractivity contribution in [2.24, 2.45) is 11.1 Å². The number of nitrogens with zero attached hydrogens (tertiary/aromatic N) is 1. The molecule has 0 radical (unpaired) electrons. The maximum Gasteiger partial charge on any atom is 0.293 e. The normalized spacial score (nSPS) is 12.1. The molecule has 0 aliphatic carbocycles. The van der Waals surface area contributed by atoms with Crippen LogP contribution >= 0.6 is 0 Å². The standard InChI is InChI=1S/C14H21N3O3/c1-9-6-7-10(11(8-9)17(19)20)16-12(18)13(2,3)14(4,5)15/h6-8H,15H2,1-5H3,(H,16,18). The molecule has 110 valence electrons. The lowest BCUT2D eigenvalue weighted by Gasteiger charge is -2.36. The third kappa shape index (κ3) is 3.14. The van der Waals surface area contributed by atoms with Crippen LogP contribution in [0.4, 0.5) is 11.4 Å². The van der Waals surface area contributed by atoms with E-state index in [-0.39, 0.29) is 17.3 Å². The topological polar surface area (TPSA) is 98.3 Å². The Labute approximate surface area is 118 Å². The van der Waals surface area contributed by atoms with Gasteiger partial charge in [0, 0.05) is 11.6 Å². The maximum atomic E-state index is 12.3. The van der Waals surface area contributed by atoms with Gasteiger partial charge >= 0.3 is 0 Å². The van der Waals surface area contributed by atoms with E-state index in [2.05, 4.69) is 5.32 Å². The van der Waals surface area contributed by atoms with Crippen LogP contribution in [0.1, 0.15) is 33.3 Å². The van der Waals surface area contributed by atoms with Crippen molar-refractivity contribution in [1.82, 2.24) is 0 Å². The predicted molar refractivity (Wildman–Crippen MR) is 78.5 cm³/mol. The summed E-state index contributed by atoms with van der Waals surface area (Å²) in [7, 11) is 0. The number of amides is 1. The average molecular weight is 279 g/mol. The smallest absolute Gasteiger partial charge is 0.293 e. The number of anilines is 1. The number of nitrogens with one attached hydrogen (secondary N) is 1. The van der Waals surface area contributed by atoms with Crippen LogP contribution in [0, 0.1) is 22.5 Å². The van der Waals surface area contributed by atoms with Crippen LogP contribution < -0.4 is 11.1 Å². The molecule has 1 rings (SSSR count). The molecule has 20 heavy (non-hydrogen) atoms. The fourth-order valence-electron chi connectivity index (χ4n) is 1.47. The number of nitro groups is 1. The Morgan fingerprint density at radius 2 is 1.85 bits per heavy atom. The summed E-state index contributed by atoms with van der Waals surface area (Å²) in [5.41, 5.74) is 5.19. The molecule has 6 nitrogen and oxygen atoms in total. The van der Waals surface area contributed by atoms with Crippen molar-refractivity contribution < 1.29 is 9.72 Å². The molecule has 1 aromatic carbocycles. The highest BCUT2D eigenvalue weighted by atomic mass is 16.6. The number of carbonyl (C=O) groups is 1. The summed E-state index contributed by atoms with van der Waals surface area (Å²) >= 11 is 0. The number of benzene rings is 1. The fourth-order valence-corrected chi connectivity index (χ4v) is 1.47. The summed E-state index contributed by atoms with van der Waals surface area (Å²) < 4.78 is 0. The molecule has 0 spiro atoms. The second-order valence-electron chi connectivity index (χ2n) is 6.08. The van der Waals surface area contributed by atoms with E-state index in [0.717, 1.165) is 5.56 Å². The molecule has 1 amide bonds. The van der Waals surface area contributed by atoms with Gasteiger partial charge in [0.1, 0.15) is 5.69 Å². The second-order valence-corrected chi connectivity index (χ2v) is 6.08.